The molecule has 0 spiro atoms. The van der Waals surface area contributed by atoms with Crippen molar-refractivity contribution in [3.05, 3.63) is 40.2 Å². The van der Waals surface area contributed by atoms with E-state index in [1.807, 2.05) is 13.8 Å². The van der Waals surface area contributed by atoms with Crippen molar-refractivity contribution < 1.29 is 17.6 Å². The SMILES string of the molecule is CC(C)NCc1coc(-c2cc(C(F)(F)F)ccc2Br)n1. The summed E-state index contributed by atoms with van der Waals surface area (Å²) in [5.41, 5.74) is 0.185. The zero-order valence-electron chi connectivity index (χ0n) is 11.5. The molecule has 0 radical (unpaired) electrons. The van der Waals surface area contributed by atoms with Crippen molar-refractivity contribution >= 4 is 15.9 Å². The van der Waals surface area contributed by atoms with E-state index in [0.29, 0.717) is 16.7 Å². The van der Waals surface area contributed by atoms with Gasteiger partial charge in [0, 0.05) is 17.1 Å². The fourth-order valence-electron chi connectivity index (χ4n) is 1.69. The van der Waals surface area contributed by atoms with Crippen LogP contribution >= 0.6 is 15.9 Å². The smallest absolute Gasteiger partial charge is 0.416 e. The summed E-state index contributed by atoms with van der Waals surface area (Å²) in [4.78, 5) is 4.21. The van der Waals surface area contributed by atoms with Crippen molar-refractivity contribution in [1.82, 2.24) is 10.3 Å². The normalized spacial score (nSPS) is 12.1. The zero-order chi connectivity index (χ0) is 15.6. The van der Waals surface area contributed by atoms with E-state index in [4.69, 9.17) is 4.42 Å². The van der Waals surface area contributed by atoms with E-state index in [9.17, 15) is 13.2 Å². The van der Waals surface area contributed by atoms with Crippen molar-refractivity contribution in [2.75, 3.05) is 0 Å². The second-order valence-electron chi connectivity index (χ2n) is 4.87. The summed E-state index contributed by atoms with van der Waals surface area (Å²) in [6, 6.07) is 3.66. The van der Waals surface area contributed by atoms with Gasteiger partial charge in [0.1, 0.15) is 6.26 Å². The van der Waals surface area contributed by atoms with Crippen LogP contribution in [-0.2, 0) is 12.7 Å². The van der Waals surface area contributed by atoms with Gasteiger partial charge >= 0.3 is 6.18 Å². The van der Waals surface area contributed by atoms with Crippen LogP contribution in [0.5, 0.6) is 0 Å². The van der Waals surface area contributed by atoms with Crippen LogP contribution in [0, 0.1) is 0 Å². The Morgan fingerprint density at radius 3 is 2.67 bits per heavy atom. The van der Waals surface area contributed by atoms with Gasteiger partial charge in [0.2, 0.25) is 5.89 Å². The van der Waals surface area contributed by atoms with Gasteiger partial charge in [-0.1, -0.05) is 13.8 Å². The fourth-order valence-corrected chi connectivity index (χ4v) is 2.10. The molecule has 21 heavy (non-hydrogen) atoms. The maximum absolute atomic E-state index is 12.8. The van der Waals surface area contributed by atoms with Crippen molar-refractivity contribution in [2.45, 2.75) is 32.6 Å². The van der Waals surface area contributed by atoms with Gasteiger partial charge in [0.05, 0.1) is 16.8 Å². The number of nitrogens with one attached hydrogen (secondary N) is 1. The van der Waals surface area contributed by atoms with Gasteiger partial charge in [-0.05, 0) is 34.1 Å². The molecule has 0 saturated carbocycles. The van der Waals surface area contributed by atoms with Gasteiger partial charge in [0.25, 0.3) is 0 Å². The minimum atomic E-state index is -4.40. The van der Waals surface area contributed by atoms with Crippen molar-refractivity contribution in [3.8, 4) is 11.5 Å². The molecule has 114 valence electrons. The Morgan fingerprint density at radius 1 is 1.33 bits per heavy atom. The topological polar surface area (TPSA) is 38.1 Å². The molecular formula is C14H14BrF3N2O. The average molecular weight is 363 g/mol. The average Bonchev–Trinajstić information content (AvgIpc) is 2.84. The van der Waals surface area contributed by atoms with Crippen LogP contribution in [0.2, 0.25) is 0 Å². The van der Waals surface area contributed by atoms with Gasteiger partial charge in [-0.25, -0.2) is 4.98 Å². The van der Waals surface area contributed by atoms with Crippen LogP contribution in [0.3, 0.4) is 0 Å². The number of nitrogens with zero attached hydrogens (tertiary/aromatic N) is 1. The molecular weight excluding hydrogens is 349 g/mol. The first-order valence-corrected chi connectivity index (χ1v) is 7.11. The lowest BCUT2D eigenvalue weighted by molar-refractivity contribution is -0.137. The van der Waals surface area contributed by atoms with Crippen molar-refractivity contribution in [2.24, 2.45) is 0 Å². The number of aromatic nitrogens is 1. The number of benzene rings is 1. The number of hydrogen-bond donors (Lipinski definition) is 1. The molecule has 0 saturated heterocycles. The molecule has 0 aliphatic rings. The lowest BCUT2D eigenvalue weighted by atomic mass is 10.1. The first-order chi connectivity index (χ1) is 9.77. The van der Waals surface area contributed by atoms with Crippen LogP contribution in [0.25, 0.3) is 11.5 Å². The van der Waals surface area contributed by atoms with Gasteiger partial charge in [-0.2, -0.15) is 13.2 Å². The molecule has 2 aromatic rings. The zero-order valence-corrected chi connectivity index (χ0v) is 13.0. The molecule has 2 rings (SSSR count). The highest BCUT2D eigenvalue weighted by Gasteiger charge is 2.31. The molecule has 0 unspecified atom stereocenters. The Kier molecular flexibility index (Phi) is 4.73. The number of rotatable bonds is 4. The molecule has 3 nitrogen and oxygen atoms in total. The van der Waals surface area contributed by atoms with E-state index in [-0.39, 0.29) is 17.5 Å². The minimum absolute atomic E-state index is 0.161. The molecule has 1 aromatic carbocycles. The second-order valence-corrected chi connectivity index (χ2v) is 5.73. The number of halogens is 4. The summed E-state index contributed by atoms with van der Waals surface area (Å²) >= 11 is 3.22. The highest BCUT2D eigenvalue weighted by atomic mass is 79.9. The molecule has 0 amide bonds. The first-order valence-electron chi connectivity index (χ1n) is 6.32. The molecule has 0 fully saturated rings. The summed E-state index contributed by atoms with van der Waals surface area (Å²) in [5.74, 6) is 0.161. The summed E-state index contributed by atoms with van der Waals surface area (Å²) in [7, 11) is 0. The second kappa shape index (κ2) is 6.19. The highest BCUT2D eigenvalue weighted by Crippen LogP contribution is 2.35. The highest BCUT2D eigenvalue weighted by molar-refractivity contribution is 9.10. The molecule has 1 N–H and O–H groups in total. The monoisotopic (exact) mass is 362 g/mol. The molecule has 0 aliphatic heterocycles. The summed E-state index contributed by atoms with van der Waals surface area (Å²) in [5, 5.41) is 3.16. The summed E-state index contributed by atoms with van der Waals surface area (Å²) in [6.45, 7) is 4.48. The van der Waals surface area contributed by atoms with E-state index in [1.54, 1.807) is 0 Å². The standard InChI is InChI=1S/C14H14BrF3N2O/c1-8(2)19-6-10-7-21-13(20-10)11-5-9(14(16,17)18)3-4-12(11)15/h3-5,7-8,19H,6H2,1-2H3. The van der Waals surface area contributed by atoms with E-state index in [0.717, 1.165) is 12.1 Å². The van der Waals surface area contributed by atoms with Crippen LogP contribution in [0.4, 0.5) is 13.2 Å². The Hall–Kier alpha value is -1.34. The van der Waals surface area contributed by atoms with E-state index < -0.39 is 11.7 Å². The lowest BCUT2D eigenvalue weighted by Gasteiger charge is -2.08. The van der Waals surface area contributed by atoms with Gasteiger partial charge in [0.15, 0.2) is 0 Å². The molecule has 7 heteroatoms. The first kappa shape index (κ1) is 16.0. The van der Waals surface area contributed by atoms with Crippen molar-refractivity contribution in [1.29, 1.82) is 0 Å². The maximum Gasteiger partial charge on any atom is 0.416 e. The largest absolute Gasteiger partial charge is 0.444 e. The molecule has 0 aliphatic carbocycles. The fraction of sp³-hybridized carbons (Fsp3) is 0.357. The molecule has 1 aromatic heterocycles. The Labute approximate surface area is 128 Å². The van der Waals surface area contributed by atoms with E-state index in [2.05, 4.69) is 26.2 Å². The molecule has 1 heterocycles. The third-order valence-electron chi connectivity index (χ3n) is 2.77. The molecule has 0 bridgehead atoms. The minimum Gasteiger partial charge on any atom is -0.444 e. The summed E-state index contributed by atoms with van der Waals surface area (Å²) < 4.78 is 44.0. The van der Waals surface area contributed by atoms with Gasteiger partial charge < -0.3 is 9.73 Å². The maximum atomic E-state index is 12.8. The van der Waals surface area contributed by atoms with Crippen LogP contribution in [-0.4, -0.2) is 11.0 Å². The lowest BCUT2D eigenvalue weighted by Crippen LogP contribution is -2.21. The van der Waals surface area contributed by atoms with Crippen molar-refractivity contribution in [3.63, 3.8) is 0 Å². The number of hydrogen-bond acceptors (Lipinski definition) is 3. The van der Waals surface area contributed by atoms with Crippen LogP contribution in [0.15, 0.2) is 33.4 Å². The number of alkyl halides is 3. The Bertz CT molecular complexity index is 623. The van der Waals surface area contributed by atoms with Crippen LogP contribution in [0.1, 0.15) is 25.1 Å². The Morgan fingerprint density at radius 2 is 2.05 bits per heavy atom. The van der Waals surface area contributed by atoms with Gasteiger partial charge in [-0.3, -0.25) is 0 Å². The number of oxazole rings is 1. The van der Waals surface area contributed by atoms with Crippen LogP contribution < -0.4 is 5.32 Å². The van der Waals surface area contributed by atoms with E-state index >= 15 is 0 Å². The van der Waals surface area contributed by atoms with E-state index in [1.165, 1.54) is 12.3 Å². The Balaban J connectivity index is 2.29. The van der Waals surface area contributed by atoms with Gasteiger partial charge in [-0.15, -0.1) is 0 Å². The predicted octanol–water partition coefficient (Wildman–Crippen LogP) is 4.62. The third-order valence-corrected chi connectivity index (χ3v) is 3.46. The molecule has 0 atom stereocenters. The third kappa shape index (κ3) is 4.07. The predicted molar refractivity (Wildman–Crippen MR) is 76.6 cm³/mol. The quantitative estimate of drug-likeness (QED) is 0.862. The summed E-state index contributed by atoms with van der Waals surface area (Å²) in [6.07, 6.45) is -2.96.